The van der Waals surface area contributed by atoms with Gasteiger partial charge in [-0.2, -0.15) is 0 Å². The molecule has 1 atom stereocenters. The van der Waals surface area contributed by atoms with E-state index in [4.69, 9.17) is 4.84 Å². The maximum atomic E-state index is 5.64. The monoisotopic (exact) mass is 272 g/mol. The average molecular weight is 272 g/mol. The van der Waals surface area contributed by atoms with Crippen molar-refractivity contribution in [2.24, 2.45) is 5.16 Å². The van der Waals surface area contributed by atoms with Crippen molar-refractivity contribution in [1.29, 1.82) is 0 Å². The fourth-order valence-corrected chi connectivity index (χ4v) is 3.05. The van der Waals surface area contributed by atoms with Gasteiger partial charge in [-0.3, -0.25) is 4.90 Å². The normalized spacial score (nSPS) is 24.1. The van der Waals surface area contributed by atoms with E-state index in [1.54, 1.807) is 0 Å². The fraction of sp³-hybridized carbons (Fsp3) is 0.588. The zero-order valence-corrected chi connectivity index (χ0v) is 12.3. The van der Waals surface area contributed by atoms with Crippen molar-refractivity contribution in [2.45, 2.75) is 45.1 Å². The summed E-state index contributed by atoms with van der Waals surface area (Å²) in [7, 11) is 0. The predicted molar refractivity (Wildman–Crippen MR) is 82.1 cm³/mol. The molecule has 1 unspecified atom stereocenters. The number of nitrogens with zero attached hydrogens (tertiary/aromatic N) is 2. The van der Waals surface area contributed by atoms with Crippen LogP contribution in [-0.2, 0) is 4.84 Å². The molecule has 0 bridgehead atoms. The van der Waals surface area contributed by atoms with Crippen molar-refractivity contribution in [3.63, 3.8) is 0 Å². The Morgan fingerprint density at radius 1 is 1.10 bits per heavy atom. The summed E-state index contributed by atoms with van der Waals surface area (Å²) >= 11 is 0. The van der Waals surface area contributed by atoms with Crippen LogP contribution in [0.15, 0.2) is 29.4 Å². The number of hydrogen-bond acceptors (Lipinski definition) is 3. The van der Waals surface area contributed by atoms with Gasteiger partial charge in [0.25, 0.3) is 0 Å². The van der Waals surface area contributed by atoms with E-state index in [9.17, 15) is 0 Å². The van der Waals surface area contributed by atoms with E-state index in [0.29, 0.717) is 0 Å². The van der Waals surface area contributed by atoms with Crippen LogP contribution in [0.25, 0.3) is 0 Å². The lowest BCUT2D eigenvalue weighted by Crippen LogP contribution is -2.33. The van der Waals surface area contributed by atoms with Crippen LogP contribution < -0.4 is 0 Å². The Morgan fingerprint density at radius 3 is 2.50 bits per heavy atom. The van der Waals surface area contributed by atoms with Gasteiger partial charge in [-0.25, -0.2) is 0 Å². The number of hydrogen-bond donors (Lipinski definition) is 0. The lowest BCUT2D eigenvalue weighted by molar-refractivity contribution is 0.0535. The second-order valence-corrected chi connectivity index (χ2v) is 6.05. The van der Waals surface area contributed by atoms with Crippen LogP contribution in [0.5, 0.6) is 0 Å². The Morgan fingerprint density at radius 2 is 1.80 bits per heavy atom. The highest BCUT2D eigenvalue weighted by Gasteiger charge is 2.24. The number of aryl methyl sites for hydroxylation is 1. The largest absolute Gasteiger partial charge is 0.390 e. The molecule has 0 N–H and O–H groups in total. The zero-order valence-electron chi connectivity index (χ0n) is 12.3. The molecule has 0 aliphatic carbocycles. The minimum Gasteiger partial charge on any atom is -0.390 e. The summed E-state index contributed by atoms with van der Waals surface area (Å²) in [6, 6.07) is 8.57. The van der Waals surface area contributed by atoms with Gasteiger partial charge in [0, 0.05) is 13.0 Å². The molecule has 1 saturated heterocycles. The van der Waals surface area contributed by atoms with Crippen LogP contribution in [-0.4, -0.2) is 36.3 Å². The lowest BCUT2D eigenvalue weighted by Gasteiger charge is -2.22. The Balaban J connectivity index is 1.54. The van der Waals surface area contributed by atoms with E-state index in [0.717, 1.165) is 18.7 Å². The Labute approximate surface area is 121 Å². The standard InChI is InChI=1S/C17H24N2O/c1-14-6-8-15(9-7-14)17-12-16(20-18-17)13-19-10-4-2-3-5-11-19/h6-9,16H,2-5,10-13H2,1H3. The summed E-state index contributed by atoms with van der Waals surface area (Å²) in [4.78, 5) is 8.19. The Hall–Kier alpha value is -1.35. The molecule has 108 valence electrons. The second-order valence-electron chi connectivity index (χ2n) is 6.05. The van der Waals surface area contributed by atoms with E-state index < -0.39 is 0 Å². The van der Waals surface area contributed by atoms with Gasteiger partial charge in [-0.1, -0.05) is 47.8 Å². The molecule has 0 saturated carbocycles. The average Bonchev–Trinajstić information content (AvgIpc) is 2.76. The molecule has 0 aromatic heterocycles. The zero-order chi connectivity index (χ0) is 13.8. The first kappa shape index (κ1) is 13.6. The SMILES string of the molecule is Cc1ccc(C2=NOC(CN3CCCCCC3)C2)cc1. The molecule has 2 aliphatic rings. The molecule has 1 aromatic carbocycles. The molecular formula is C17H24N2O. The van der Waals surface area contributed by atoms with E-state index in [1.807, 2.05) is 0 Å². The van der Waals surface area contributed by atoms with Crippen LogP contribution in [0, 0.1) is 6.92 Å². The van der Waals surface area contributed by atoms with E-state index in [2.05, 4.69) is 41.2 Å². The number of benzene rings is 1. The Bertz CT molecular complexity index is 458. The van der Waals surface area contributed by atoms with Crippen LogP contribution in [0.2, 0.25) is 0 Å². The minimum absolute atomic E-state index is 0.240. The quantitative estimate of drug-likeness (QED) is 0.843. The topological polar surface area (TPSA) is 24.8 Å². The van der Waals surface area contributed by atoms with E-state index >= 15 is 0 Å². The van der Waals surface area contributed by atoms with Crippen molar-refractivity contribution >= 4 is 5.71 Å². The van der Waals surface area contributed by atoms with Gasteiger partial charge in [0.1, 0.15) is 6.10 Å². The van der Waals surface area contributed by atoms with Crippen molar-refractivity contribution in [3.05, 3.63) is 35.4 Å². The summed E-state index contributed by atoms with van der Waals surface area (Å²) in [6.07, 6.45) is 6.61. The number of oxime groups is 1. The van der Waals surface area contributed by atoms with Gasteiger partial charge in [0.05, 0.1) is 5.71 Å². The van der Waals surface area contributed by atoms with Crippen molar-refractivity contribution in [1.82, 2.24) is 4.90 Å². The van der Waals surface area contributed by atoms with Crippen LogP contribution in [0.1, 0.15) is 43.2 Å². The van der Waals surface area contributed by atoms with E-state index in [-0.39, 0.29) is 6.10 Å². The third kappa shape index (κ3) is 3.40. The molecule has 2 aliphatic heterocycles. The molecule has 0 radical (unpaired) electrons. The molecular weight excluding hydrogens is 248 g/mol. The maximum Gasteiger partial charge on any atom is 0.145 e. The van der Waals surface area contributed by atoms with Gasteiger partial charge in [0.2, 0.25) is 0 Å². The highest BCUT2D eigenvalue weighted by molar-refractivity contribution is 6.01. The highest BCUT2D eigenvalue weighted by atomic mass is 16.6. The van der Waals surface area contributed by atoms with Crippen molar-refractivity contribution in [3.8, 4) is 0 Å². The molecule has 1 aromatic rings. The summed E-state index contributed by atoms with van der Waals surface area (Å²) in [5.74, 6) is 0. The third-order valence-electron chi connectivity index (χ3n) is 4.28. The Kier molecular flexibility index (Phi) is 4.36. The maximum absolute atomic E-state index is 5.64. The molecule has 3 heteroatoms. The molecule has 2 heterocycles. The summed E-state index contributed by atoms with van der Waals surface area (Å²) in [5, 5.41) is 4.30. The first-order valence-electron chi connectivity index (χ1n) is 7.83. The number of likely N-dealkylation sites (tertiary alicyclic amines) is 1. The molecule has 0 amide bonds. The van der Waals surface area contributed by atoms with Crippen LogP contribution in [0.4, 0.5) is 0 Å². The lowest BCUT2D eigenvalue weighted by atomic mass is 10.0. The summed E-state index contributed by atoms with van der Waals surface area (Å²) in [6.45, 7) is 5.58. The van der Waals surface area contributed by atoms with Gasteiger partial charge in [-0.05, 0) is 38.4 Å². The van der Waals surface area contributed by atoms with Crippen molar-refractivity contribution in [2.75, 3.05) is 19.6 Å². The highest BCUT2D eigenvalue weighted by Crippen LogP contribution is 2.19. The van der Waals surface area contributed by atoms with Crippen LogP contribution in [0.3, 0.4) is 0 Å². The van der Waals surface area contributed by atoms with Gasteiger partial charge in [0.15, 0.2) is 0 Å². The third-order valence-corrected chi connectivity index (χ3v) is 4.28. The summed E-state index contributed by atoms with van der Waals surface area (Å²) in [5.41, 5.74) is 3.59. The molecule has 3 nitrogen and oxygen atoms in total. The van der Waals surface area contributed by atoms with Gasteiger partial charge < -0.3 is 4.84 Å². The van der Waals surface area contributed by atoms with Gasteiger partial charge >= 0.3 is 0 Å². The van der Waals surface area contributed by atoms with Crippen molar-refractivity contribution < 1.29 is 4.84 Å². The molecule has 1 fully saturated rings. The van der Waals surface area contributed by atoms with E-state index in [1.165, 1.54) is 49.9 Å². The molecule has 20 heavy (non-hydrogen) atoms. The fourth-order valence-electron chi connectivity index (χ4n) is 3.05. The van der Waals surface area contributed by atoms with Gasteiger partial charge in [-0.15, -0.1) is 0 Å². The second kappa shape index (κ2) is 6.40. The van der Waals surface area contributed by atoms with Crippen LogP contribution >= 0.6 is 0 Å². The first-order valence-corrected chi connectivity index (χ1v) is 7.83. The predicted octanol–water partition coefficient (Wildman–Crippen LogP) is 3.36. The molecule has 3 rings (SSSR count). The minimum atomic E-state index is 0.240. The number of rotatable bonds is 3. The smallest absolute Gasteiger partial charge is 0.145 e. The summed E-state index contributed by atoms with van der Waals surface area (Å²) < 4.78 is 0. The first-order chi connectivity index (χ1) is 9.81. The molecule has 0 spiro atoms.